The van der Waals surface area contributed by atoms with Crippen LogP contribution < -0.4 is 4.74 Å². The first-order valence-electron chi connectivity index (χ1n) is 17.6. The third-order valence-electron chi connectivity index (χ3n) is 11.2. The summed E-state index contributed by atoms with van der Waals surface area (Å²) in [7, 11) is 0. The third-order valence-corrected chi connectivity index (χ3v) is 11.2. The van der Waals surface area contributed by atoms with Gasteiger partial charge in [-0.15, -0.1) is 0 Å². The summed E-state index contributed by atoms with van der Waals surface area (Å²) in [6.45, 7) is 4.07. The zero-order valence-corrected chi connectivity index (χ0v) is 28.1. The molecule has 2 aliphatic carbocycles. The Hall–Kier alpha value is -6.44. The Morgan fingerprint density at radius 2 is 0.922 bits per heavy atom. The molecule has 0 amide bonds. The van der Waals surface area contributed by atoms with Gasteiger partial charge < -0.3 is 4.74 Å². The average Bonchev–Trinajstić information content (AvgIpc) is 3.66. The summed E-state index contributed by atoms with van der Waals surface area (Å²) in [6, 6.07) is 64.3. The SMILES string of the molecule is C=C/C=C\C1=C(c2ccc3c(c2)C2(c4ccccc4O3)c3ccccc3-c3ccccc32)C(c2ccccc2)(c2ccccc2)c2ccccc21. The van der Waals surface area contributed by atoms with Gasteiger partial charge in [0.05, 0.1) is 10.8 Å². The van der Waals surface area contributed by atoms with E-state index >= 15 is 0 Å². The normalized spacial score (nSPS) is 15.5. The van der Waals surface area contributed by atoms with Crippen molar-refractivity contribution in [2.24, 2.45) is 0 Å². The minimum Gasteiger partial charge on any atom is -0.457 e. The number of rotatable bonds is 5. The summed E-state index contributed by atoms with van der Waals surface area (Å²) in [4.78, 5) is 0. The van der Waals surface area contributed by atoms with E-state index in [1.165, 1.54) is 61.2 Å². The highest BCUT2D eigenvalue weighted by Crippen LogP contribution is 2.64. The van der Waals surface area contributed by atoms with Crippen molar-refractivity contribution in [3.05, 3.63) is 251 Å². The maximum atomic E-state index is 6.84. The second kappa shape index (κ2) is 11.3. The summed E-state index contributed by atoms with van der Waals surface area (Å²) >= 11 is 0. The van der Waals surface area contributed by atoms with E-state index in [0.717, 1.165) is 22.6 Å². The van der Waals surface area contributed by atoms with Crippen molar-refractivity contribution in [1.82, 2.24) is 0 Å². The average molecular weight is 651 g/mol. The van der Waals surface area contributed by atoms with Gasteiger partial charge in [0.1, 0.15) is 11.5 Å². The van der Waals surface area contributed by atoms with Crippen LogP contribution in [0.2, 0.25) is 0 Å². The molecule has 0 radical (unpaired) electrons. The van der Waals surface area contributed by atoms with Crippen LogP contribution in [0.15, 0.2) is 201 Å². The van der Waals surface area contributed by atoms with Crippen LogP contribution in [-0.4, -0.2) is 0 Å². The fourth-order valence-electron chi connectivity index (χ4n) is 9.38. The summed E-state index contributed by atoms with van der Waals surface area (Å²) in [5, 5.41) is 0. The van der Waals surface area contributed by atoms with Crippen LogP contribution in [0, 0.1) is 0 Å². The molecular formula is C50H34O. The van der Waals surface area contributed by atoms with E-state index < -0.39 is 10.8 Å². The molecule has 7 aromatic carbocycles. The number of hydrogen-bond donors (Lipinski definition) is 0. The van der Waals surface area contributed by atoms with Crippen LogP contribution in [0.25, 0.3) is 22.3 Å². The minimum atomic E-state index is -0.583. The molecule has 0 aromatic heterocycles. The zero-order chi connectivity index (χ0) is 34.0. The van der Waals surface area contributed by atoms with Gasteiger partial charge in [-0.2, -0.15) is 0 Å². The van der Waals surface area contributed by atoms with Gasteiger partial charge in [-0.25, -0.2) is 0 Å². The number of allylic oxidation sites excluding steroid dienone is 5. The third kappa shape index (κ3) is 3.92. The van der Waals surface area contributed by atoms with Crippen LogP contribution in [0.5, 0.6) is 11.5 Å². The number of hydrogen-bond acceptors (Lipinski definition) is 1. The molecule has 1 heteroatoms. The number of benzene rings is 7. The standard InChI is InChI=1S/C50H34O/c1-2-3-22-40-39-25-12-13-26-41(39)49(35-18-6-4-7-19-35,36-20-8-5-9-21-36)48(40)34-31-32-47-45(33-34)50(44-29-16-17-30-46(44)51-47)42-27-14-10-23-37(42)38-24-11-15-28-43(38)50/h2-33H,1H2/b22-3-. The predicted octanol–water partition coefficient (Wildman–Crippen LogP) is 12.2. The van der Waals surface area contributed by atoms with Crippen molar-refractivity contribution in [2.75, 3.05) is 0 Å². The van der Waals surface area contributed by atoms with Crippen molar-refractivity contribution >= 4 is 11.1 Å². The molecule has 1 spiro atoms. The fourth-order valence-corrected chi connectivity index (χ4v) is 9.38. The molecule has 0 unspecified atom stereocenters. The van der Waals surface area contributed by atoms with Crippen molar-refractivity contribution < 1.29 is 4.74 Å². The van der Waals surface area contributed by atoms with Gasteiger partial charge in [-0.1, -0.05) is 183 Å². The second-order valence-electron chi connectivity index (χ2n) is 13.6. The number of ether oxygens (including phenoxy) is 1. The highest BCUT2D eigenvalue weighted by atomic mass is 16.5. The maximum absolute atomic E-state index is 6.84. The molecule has 0 N–H and O–H groups in total. The van der Waals surface area contributed by atoms with E-state index in [1.54, 1.807) is 0 Å². The van der Waals surface area contributed by atoms with E-state index in [4.69, 9.17) is 4.74 Å². The Bertz CT molecular complexity index is 2480. The van der Waals surface area contributed by atoms with E-state index in [0.29, 0.717) is 0 Å². The van der Waals surface area contributed by atoms with Gasteiger partial charge in [-0.3, -0.25) is 0 Å². The highest BCUT2D eigenvalue weighted by Gasteiger charge is 2.52. The molecule has 3 aliphatic rings. The smallest absolute Gasteiger partial charge is 0.132 e. The quantitative estimate of drug-likeness (QED) is 0.168. The molecular weight excluding hydrogens is 617 g/mol. The first-order valence-corrected chi connectivity index (χ1v) is 17.6. The van der Waals surface area contributed by atoms with Crippen LogP contribution in [0.3, 0.4) is 0 Å². The molecule has 1 heterocycles. The van der Waals surface area contributed by atoms with Crippen molar-refractivity contribution in [1.29, 1.82) is 0 Å². The molecule has 7 aromatic rings. The lowest BCUT2D eigenvalue weighted by molar-refractivity contribution is 0.436. The highest BCUT2D eigenvalue weighted by molar-refractivity contribution is 6.09. The largest absolute Gasteiger partial charge is 0.457 e. The molecule has 0 saturated heterocycles. The first-order chi connectivity index (χ1) is 25.3. The van der Waals surface area contributed by atoms with Gasteiger partial charge in [0.15, 0.2) is 0 Å². The fraction of sp³-hybridized carbons (Fsp3) is 0.0400. The monoisotopic (exact) mass is 650 g/mol. The molecule has 240 valence electrons. The van der Waals surface area contributed by atoms with Gasteiger partial charge in [-0.05, 0) is 79.4 Å². The molecule has 0 fully saturated rings. The molecule has 0 bridgehead atoms. The second-order valence-corrected chi connectivity index (χ2v) is 13.6. The van der Waals surface area contributed by atoms with Crippen molar-refractivity contribution in [3.63, 3.8) is 0 Å². The zero-order valence-electron chi connectivity index (χ0n) is 28.1. The van der Waals surface area contributed by atoms with Crippen LogP contribution in [0.4, 0.5) is 0 Å². The summed E-state index contributed by atoms with van der Waals surface area (Å²) in [6.07, 6.45) is 6.19. The summed E-state index contributed by atoms with van der Waals surface area (Å²) in [5.41, 5.74) is 14.8. The predicted molar refractivity (Wildman–Crippen MR) is 209 cm³/mol. The molecule has 0 atom stereocenters. The minimum absolute atomic E-state index is 0.557. The Morgan fingerprint density at radius 1 is 0.431 bits per heavy atom. The Labute approximate surface area is 299 Å². The molecule has 1 aliphatic heterocycles. The van der Waals surface area contributed by atoms with Gasteiger partial charge in [0, 0.05) is 11.1 Å². The van der Waals surface area contributed by atoms with Crippen LogP contribution >= 0.6 is 0 Å². The maximum Gasteiger partial charge on any atom is 0.132 e. The molecule has 51 heavy (non-hydrogen) atoms. The Morgan fingerprint density at radius 3 is 1.53 bits per heavy atom. The number of fused-ring (bicyclic) bond motifs is 10. The molecule has 1 nitrogen and oxygen atoms in total. The summed E-state index contributed by atoms with van der Waals surface area (Å²) in [5.74, 6) is 1.78. The van der Waals surface area contributed by atoms with E-state index in [9.17, 15) is 0 Å². The first kappa shape index (κ1) is 29.5. The van der Waals surface area contributed by atoms with E-state index in [1.807, 2.05) is 6.08 Å². The Kier molecular flexibility index (Phi) is 6.53. The topological polar surface area (TPSA) is 9.23 Å². The summed E-state index contributed by atoms with van der Waals surface area (Å²) < 4.78 is 6.84. The number of para-hydroxylation sites is 1. The van der Waals surface area contributed by atoms with E-state index in [-0.39, 0.29) is 0 Å². The van der Waals surface area contributed by atoms with Gasteiger partial charge in [0.25, 0.3) is 0 Å². The Balaban J connectivity index is 1.35. The van der Waals surface area contributed by atoms with Gasteiger partial charge in [0.2, 0.25) is 0 Å². The molecule has 0 saturated carbocycles. The van der Waals surface area contributed by atoms with Gasteiger partial charge >= 0.3 is 0 Å². The van der Waals surface area contributed by atoms with Crippen LogP contribution in [-0.2, 0) is 10.8 Å². The lowest BCUT2D eigenvalue weighted by Gasteiger charge is -2.40. The van der Waals surface area contributed by atoms with Crippen molar-refractivity contribution in [2.45, 2.75) is 10.8 Å². The lowest BCUT2D eigenvalue weighted by Crippen LogP contribution is -2.33. The van der Waals surface area contributed by atoms with Crippen LogP contribution in [0.1, 0.15) is 50.1 Å². The van der Waals surface area contributed by atoms with Crippen molar-refractivity contribution in [3.8, 4) is 22.6 Å². The van der Waals surface area contributed by atoms with E-state index in [2.05, 4.69) is 195 Å². The lowest BCUT2D eigenvalue weighted by atomic mass is 9.63. The molecule has 10 rings (SSSR count).